The lowest BCUT2D eigenvalue weighted by Crippen LogP contribution is -2.21. The average Bonchev–Trinajstić information content (AvgIpc) is 2.68. The summed E-state index contributed by atoms with van der Waals surface area (Å²) in [5.41, 5.74) is -0.190. The Balaban J connectivity index is 2.46. The van der Waals surface area contributed by atoms with Gasteiger partial charge in [0.05, 0.1) is 23.8 Å². The second-order valence-corrected chi connectivity index (χ2v) is 6.50. The van der Waals surface area contributed by atoms with Gasteiger partial charge in [0.1, 0.15) is 23.0 Å². The molecule has 0 atom stereocenters. The normalized spacial score (nSPS) is 11.1. The molecule has 28 heavy (non-hydrogen) atoms. The first kappa shape index (κ1) is 21.6. The van der Waals surface area contributed by atoms with E-state index in [2.05, 4.69) is 15.9 Å². The number of benzene rings is 2. The summed E-state index contributed by atoms with van der Waals surface area (Å²) >= 11 is 2.91. The molecule has 0 bridgehead atoms. The van der Waals surface area contributed by atoms with Crippen LogP contribution in [-0.2, 0) is 9.53 Å². The van der Waals surface area contributed by atoms with Crippen molar-refractivity contribution in [1.29, 1.82) is 0 Å². The van der Waals surface area contributed by atoms with Crippen molar-refractivity contribution in [3.63, 3.8) is 0 Å². The summed E-state index contributed by atoms with van der Waals surface area (Å²) < 4.78 is 37.5. The Bertz CT molecular complexity index is 913. The van der Waals surface area contributed by atoms with Gasteiger partial charge in [0.2, 0.25) is 5.78 Å². The molecule has 0 amide bonds. The highest BCUT2D eigenvalue weighted by Crippen LogP contribution is 2.24. The number of ether oxygens (including phenoxy) is 2. The molecule has 8 heteroatoms. The Hall–Kier alpha value is -2.74. The molecule has 0 aliphatic rings. The van der Waals surface area contributed by atoms with Crippen LogP contribution in [0.1, 0.15) is 17.3 Å². The molecule has 0 fully saturated rings. The van der Waals surface area contributed by atoms with Crippen LogP contribution in [-0.4, -0.2) is 32.5 Å². The zero-order valence-electron chi connectivity index (χ0n) is 15.5. The molecular weight excluding hydrogens is 436 g/mol. The van der Waals surface area contributed by atoms with Crippen LogP contribution in [0.15, 0.2) is 52.6 Å². The van der Waals surface area contributed by atoms with E-state index in [-0.39, 0.29) is 11.1 Å². The summed E-state index contributed by atoms with van der Waals surface area (Å²) in [6.07, 6.45) is 1.25. The molecule has 148 valence electrons. The lowest BCUT2D eigenvalue weighted by Gasteiger charge is -2.17. The predicted octanol–water partition coefficient (Wildman–Crippen LogP) is 4.50. The molecule has 0 spiro atoms. The highest BCUT2D eigenvalue weighted by atomic mass is 79.9. The molecule has 2 aromatic carbocycles. The fraction of sp³-hybridized carbons (Fsp3) is 0.200. The van der Waals surface area contributed by atoms with Crippen LogP contribution in [0.4, 0.5) is 14.5 Å². The van der Waals surface area contributed by atoms with Crippen LogP contribution >= 0.6 is 15.9 Å². The van der Waals surface area contributed by atoms with Gasteiger partial charge in [-0.2, -0.15) is 0 Å². The predicted molar refractivity (Wildman–Crippen MR) is 105 cm³/mol. The maximum Gasteiger partial charge on any atom is 0.343 e. The van der Waals surface area contributed by atoms with Crippen molar-refractivity contribution < 1.29 is 27.8 Å². The third-order valence-electron chi connectivity index (χ3n) is 3.80. The monoisotopic (exact) mass is 453 g/mol. The highest BCUT2D eigenvalue weighted by Gasteiger charge is 2.26. The van der Waals surface area contributed by atoms with E-state index in [1.807, 2.05) is 0 Å². The van der Waals surface area contributed by atoms with Gasteiger partial charge in [-0.25, -0.2) is 13.6 Å². The molecule has 0 aromatic heterocycles. The van der Waals surface area contributed by atoms with Gasteiger partial charge in [-0.05, 0) is 53.2 Å². The number of rotatable bonds is 7. The molecule has 5 nitrogen and oxygen atoms in total. The van der Waals surface area contributed by atoms with E-state index >= 15 is 0 Å². The smallest absolute Gasteiger partial charge is 0.343 e. The Kier molecular flexibility index (Phi) is 7.28. The van der Waals surface area contributed by atoms with E-state index in [0.717, 1.165) is 6.07 Å². The molecule has 0 saturated carbocycles. The van der Waals surface area contributed by atoms with E-state index < -0.39 is 34.5 Å². The summed E-state index contributed by atoms with van der Waals surface area (Å²) in [4.78, 5) is 26.6. The van der Waals surface area contributed by atoms with Gasteiger partial charge < -0.3 is 14.4 Å². The lowest BCUT2D eigenvalue weighted by atomic mass is 10.0. The fourth-order valence-corrected chi connectivity index (χ4v) is 2.68. The minimum absolute atomic E-state index is 0.0330. The van der Waals surface area contributed by atoms with E-state index in [1.54, 1.807) is 38.2 Å². The number of halogens is 3. The average molecular weight is 454 g/mol. The number of ketones is 1. The van der Waals surface area contributed by atoms with Crippen molar-refractivity contribution in [2.75, 3.05) is 25.7 Å². The van der Waals surface area contributed by atoms with Gasteiger partial charge in [-0.1, -0.05) is 0 Å². The van der Waals surface area contributed by atoms with Gasteiger partial charge in [0.15, 0.2) is 0 Å². The third-order valence-corrected chi connectivity index (χ3v) is 4.40. The molecule has 0 unspecified atom stereocenters. The number of nitrogens with zero attached hydrogens (tertiary/aromatic N) is 1. The summed E-state index contributed by atoms with van der Waals surface area (Å²) in [6, 6.07) is 8.43. The summed E-state index contributed by atoms with van der Waals surface area (Å²) in [5, 5.41) is 0. The zero-order valence-corrected chi connectivity index (χ0v) is 17.0. The van der Waals surface area contributed by atoms with Crippen LogP contribution in [0, 0.1) is 11.6 Å². The Morgan fingerprint density at radius 3 is 2.36 bits per heavy atom. The number of methoxy groups -OCH3 is 1. The van der Waals surface area contributed by atoms with Crippen molar-refractivity contribution in [2.45, 2.75) is 6.92 Å². The molecular formula is C20H18BrF2NO4. The van der Waals surface area contributed by atoms with Crippen molar-refractivity contribution in [2.24, 2.45) is 0 Å². The van der Waals surface area contributed by atoms with Crippen molar-refractivity contribution in [3.05, 3.63) is 69.8 Å². The third kappa shape index (κ3) is 4.95. The van der Waals surface area contributed by atoms with Crippen LogP contribution in [0.2, 0.25) is 0 Å². The SMILES string of the molecule is CCOC(=O)/C(=C/N(C)c1ccc(OC)cc1)C(=O)c1cc(Br)c(F)cc1F. The van der Waals surface area contributed by atoms with Gasteiger partial charge in [-0.15, -0.1) is 0 Å². The van der Waals surface area contributed by atoms with Crippen LogP contribution in [0.3, 0.4) is 0 Å². The van der Waals surface area contributed by atoms with Gasteiger partial charge >= 0.3 is 5.97 Å². The van der Waals surface area contributed by atoms with Crippen LogP contribution < -0.4 is 9.64 Å². The van der Waals surface area contributed by atoms with E-state index in [4.69, 9.17) is 9.47 Å². The zero-order chi connectivity index (χ0) is 20.8. The molecule has 0 aliphatic heterocycles. The fourth-order valence-electron chi connectivity index (χ4n) is 2.34. The van der Waals surface area contributed by atoms with E-state index in [1.165, 1.54) is 18.2 Å². The molecule has 0 N–H and O–H groups in total. The van der Waals surface area contributed by atoms with Crippen LogP contribution in [0.25, 0.3) is 0 Å². The maximum atomic E-state index is 14.1. The second-order valence-electron chi connectivity index (χ2n) is 5.65. The van der Waals surface area contributed by atoms with Crippen LogP contribution in [0.5, 0.6) is 5.75 Å². The van der Waals surface area contributed by atoms with E-state index in [9.17, 15) is 18.4 Å². The molecule has 2 rings (SSSR count). The van der Waals surface area contributed by atoms with E-state index in [0.29, 0.717) is 17.5 Å². The number of hydrogen-bond acceptors (Lipinski definition) is 5. The van der Waals surface area contributed by atoms with Gasteiger partial charge in [0.25, 0.3) is 0 Å². The molecule has 2 aromatic rings. The number of esters is 1. The maximum absolute atomic E-state index is 14.1. The molecule has 0 heterocycles. The first-order valence-electron chi connectivity index (χ1n) is 8.23. The first-order chi connectivity index (χ1) is 13.3. The summed E-state index contributed by atoms with van der Waals surface area (Å²) in [5.74, 6) is -3.12. The quantitative estimate of drug-likeness (QED) is 0.154. The molecule has 0 radical (unpaired) electrons. The minimum atomic E-state index is -1.08. The highest BCUT2D eigenvalue weighted by molar-refractivity contribution is 9.10. The number of carbonyl (C=O) groups excluding carboxylic acids is 2. The lowest BCUT2D eigenvalue weighted by molar-refractivity contribution is -0.138. The Morgan fingerprint density at radius 2 is 1.79 bits per heavy atom. The Morgan fingerprint density at radius 1 is 1.14 bits per heavy atom. The van der Waals surface area contributed by atoms with Crippen molar-refractivity contribution in [1.82, 2.24) is 0 Å². The van der Waals surface area contributed by atoms with Crippen molar-refractivity contribution >= 4 is 33.4 Å². The number of anilines is 1. The molecule has 0 saturated heterocycles. The summed E-state index contributed by atoms with van der Waals surface area (Å²) in [7, 11) is 3.15. The topological polar surface area (TPSA) is 55.8 Å². The summed E-state index contributed by atoms with van der Waals surface area (Å²) in [6.45, 7) is 1.62. The minimum Gasteiger partial charge on any atom is -0.497 e. The molecule has 0 aliphatic carbocycles. The number of hydrogen-bond donors (Lipinski definition) is 0. The number of carbonyl (C=O) groups is 2. The van der Waals surface area contributed by atoms with Gasteiger partial charge in [0, 0.05) is 25.0 Å². The van der Waals surface area contributed by atoms with Crippen molar-refractivity contribution in [3.8, 4) is 5.75 Å². The Labute approximate surface area is 169 Å². The first-order valence-corrected chi connectivity index (χ1v) is 9.02. The number of Topliss-reactive ketones (excluding diaryl/α,β-unsaturated/α-hetero) is 1. The standard InChI is InChI=1S/C20H18BrF2NO4/c1-4-28-20(26)15(11-24(2)12-5-7-13(27-3)8-6-12)19(25)14-9-16(21)18(23)10-17(14)22/h5-11H,4H2,1-3H3/b15-11+. The van der Waals surface area contributed by atoms with Gasteiger partial charge in [-0.3, -0.25) is 4.79 Å². The second kappa shape index (κ2) is 9.45. The largest absolute Gasteiger partial charge is 0.497 e.